The molecule has 0 unspecified atom stereocenters. The van der Waals surface area contributed by atoms with E-state index in [2.05, 4.69) is 0 Å². The van der Waals surface area contributed by atoms with Gasteiger partial charge in [0.2, 0.25) is 0 Å². The highest BCUT2D eigenvalue weighted by Gasteiger charge is 2.15. The van der Waals surface area contributed by atoms with E-state index in [-0.39, 0.29) is 5.91 Å². The van der Waals surface area contributed by atoms with Gasteiger partial charge in [0, 0.05) is 12.1 Å². The van der Waals surface area contributed by atoms with Gasteiger partial charge in [-0.2, -0.15) is 0 Å². The molecule has 0 saturated carbocycles. The summed E-state index contributed by atoms with van der Waals surface area (Å²) in [6.45, 7) is 5.03. The standard InChI is InChI=1S/C13H18N2OS/c1-3-8-15(9-12(14)17)13(16)11-6-4-10(2)5-7-11/h4-7H,3,8-9H2,1-2H3,(H2,14,17). The van der Waals surface area contributed by atoms with E-state index in [4.69, 9.17) is 18.0 Å². The molecule has 0 aliphatic carbocycles. The highest BCUT2D eigenvalue weighted by molar-refractivity contribution is 7.80. The molecule has 0 atom stereocenters. The molecule has 1 aromatic carbocycles. The maximum absolute atomic E-state index is 12.2. The number of aryl methyl sites for hydroxylation is 1. The van der Waals surface area contributed by atoms with Crippen LogP contribution in [0.25, 0.3) is 0 Å². The van der Waals surface area contributed by atoms with Crippen molar-refractivity contribution in [2.24, 2.45) is 5.73 Å². The number of benzene rings is 1. The number of nitrogens with two attached hydrogens (primary N) is 1. The van der Waals surface area contributed by atoms with Gasteiger partial charge < -0.3 is 10.6 Å². The van der Waals surface area contributed by atoms with Gasteiger partial charge in [-0.3, -0.25) is 4.79 Å². The van der Waals surface area contributed by atoms with Crippen molar-refractivity contribution in [1.82, 2.24) is 4.90 Å². The van der Waals surface area contributed by atoms with Crippen molar-refractivity contribution in [1.29, 1.82) is 0 Å². The van der Waals surface area contributed by atoms with E-state index in [1.165, 1.54) is 0 Å². The first kappa shape index (κ1) is 13.6. The van der Waals surface area contributed by atoms with Gasteiger partial charge in [0.05, 0.1) is 11.5 Å². The lowest BCUT2D eigenvalue weighted by Crippen LogP contribution is -2.38. The quantitative estimate of drug-likeness (QED) is 0.814. The van der Waals surface area contributed by atoms with Crippen molar-refractivity contribution in [3.63, 3.8) is 0 Å². The molecular weight excluding hydrogens is 232 g/mol. The van der Waals surface area contributed by atoms with E-state index in [1.54, 1.807) is 4.90 Å². The van der Waals surface area contributed by atoms with Crippen molar-refractivity contribution in [2.75, 3.05) is 13.1 Å². The molecule has 1 rings (SSSR count). The largest absolute Gasteiger partial charge is 0.392 e. The van der Waals surface area contributed by atoms with Crippen molar-refractivity contribution in [3.05, 3.63) is 35.4 Å². The minimum Gasteiger partial charge on any atom is -0.392 e. The van der Waals surface area contributed by atoms with Crippen LogP contribution in [0.5, 0.6) is 0 Å². The predicted octanol–water partition coefficient (Wildman–Crippen LogP) is 2.13. The monoisotopic (exact) mass is 250 g/mol. The lowest BCUT2D eigenvalue weighted by molar-refractivity contribution is 0.0780. The zero-order valence-corrected chi connectivity index (χ0v) is 11.1. The van der Waals surface area contributed by atoms with E-state index in [0.717, 1.165) is 12.0 Å². The summed E-state index contributed by atoms with van der Waals surface area (Å²) < 4.78 is 0. The van der Waals surface area contributed by atoms with Gasteiger partial charge in [0.15, 0.2) is 0 Å². The van der Waals surface area contributed by atoms with Crippen molar-refractivity contribution in [2.45, 2.75) is 20.3 Å². The van der Waals surface area contributed by atoms with Crippen LogP contribution in [-0.4, -0.2) is 28.9 Å². The Morgan fingerprint density at radius 1 is 1.35 bits per heavy atom. The van der Waals surface area contributed by atoms with E-state index >= 15 is 0 Å². The maximum atomic E-state index is 12.2. The van der Waals surface area contributed by atoms with Crippen molar-refractivity contribution >= 4 is 23.1 Å². The minimum absolute atomic E-state index is 0.0142. The molecular formula is C13H18N2OS. The molecule has 0 heterocycles. The van der Waals surface area contributed by atoms with Gasteiger partial charge >= 0.3 is 0 Å². The third-order valence-electron chi connectivity index (χ3n) is 2.43. The van der Waals surface area contributed by atoms with Gasteiger partial charge in [-0.1, -0.05) is 36.8 Å². The highest BCUT2D eigenvalue weighted by Crippen LogP contribution is 2.07. The van der Waals surface area contributed by atoms with Gasteiger partial charge in [0.25, 0.3) is 5.91 Å². The highest BCUT2D eigenvalue weighted by atomic mass is 32.1. The first-order chi connectivity index (χ1) is 8.04. The lowest BCUT2D eigenvalue weighted by atomic mass is 10.1. The zero-order chi connectivity index (χ0) is 12.8. The number of hydrogen-bond acceptors (Lipinski definition) is 2. The Labute approximate surface area is 108 Å². The summed E-state index contributed by atoms with van der Waals surface area (Å²) in [5, 5.41) is 0. The SMILES string of the molecule is CCCN(CC(N)=S)C(=O)c1ccc(C)cc1. The Morgan fingerprint density at radius 3 is 2.41 bits per heavy atom. The Hall–Kier alpha value is -1.42. The summed E-state index contributed by atoms with van der Waals surface area (Å²) in [6, 6.07) is 7.52. The fraction of sp³-hybridized carbons (Fsp3) is 0.385. The molecule has 0 saturated heterocycles. The Kier molecular flexibility index (Phi) is 5.10. The van der Waals surface area contributed by atoms with E-state index in [1.807, 2.05) is 38.1 Å². The second-order valence-electron chi connectivity index (χ2n) is 4.06. The molecule has 0 aliphatic heterocycles. The first-order valence-corrected chi connectivity index (χ1v) is 6.09. The average Bonchev–Trinajstić information content (AvgIpc) is 2.28. The second kappa shape index (κ2) is 6.35. The Balaban J connectivity index is 2.83. The number of carbonyl (C=O) groups is 1. The normalized spacial score (nSPS) is 10.0. The fourth-order valence-corrected chi connectivity index (χ4v) is 1.74. The number of amides is 1. The van der Waals surface area contributed by atoms with Crippen LogP contribution >= 0.6 is 12.2 Å². The molecule has 0 aromatic heterocycles. The molecule has 0 spiro atoms. The summed E-state index contributed by atoms with van der Waals surface area (Å²) in [5.41, 5.74) is 7.32. The molecule has 0 bridgehead atoms. The molecule has 17 heavy (non-hydrogen) atoms. The number of thiocarbonyl (C=S) groups is 1. The van der Waals surface area contributed by atoms with Gasteiger partial charge in [-0.05, 0) is 25.5 Å². The zero-order valence-electron chi connectivity index (χ0n) is 10.3. The molecule has 4 heteroatoms. The van der Waals surface area contributed by atoms with Crippen LogP contribution in [0.4, 0.5) is 0 Å². The molecule has 0 radical (unpaired) electrons. The fourth-order valence-electron chi connectivity index (χ4n) is 1.59. The smallest absolute Gasteiger partial charge is 0.254 e. The molecule has 1 aromatic rings. The molecule has 92 valence electrons. The Morgan fingerprint density at radius 2 is 1.94 bits per heavy atom. The van der Waals surface area contributed by atoms with Gasteiger partial charge in [-0.15, -0.1) is 0 Å². The third kappa shape index (κ3) is 4.15. The Bertz CT molecular complexity index is 400. The molecule has 0 aliphatic rings. The topological polar surface area (TPSA) is 46.3 Å². The van der Waals surface area contributed by atoms with Gasteiger partial charge in [0.1, 0.15) is 0 Å². The third-order valence-corrected chi connectivity index (χ3v) is 2.56. The van der Waals surface area contributed by atoms with E-state index in [0.29, 0.717) is 23.6 Å². The number of hydrogen-bond donors (Lipinski definition) is 1. The summed E-state index contributed by atoms with van der Waals surface area (Å²) in [6.07, 6.45) is 0.889. The maximum Gasteiger partial charge on any atom is 0.254 e. The molecule has 3 nitrogen and oxygen atoms in total. The van der Waals surface area contributed by atoms with Gasteiger partial charge in [-0.25, -0.2) is 0 Å². The number of rotatable bonds is 5. The first-order valence-electron chi connectivity index (χ1n) is 5.69. The lowest BCUT2D eigenvalue weighted by Gasteiger charge is -2.21. The number of nitrogens with zero attached hydrogens (tertiary/aromatic N) is 1. The van der Waals surface area contributed by atoms with Crippen LogP contribution in [0.1, 0.15) is 29.3 Å². The van der Waals surface area contributed by atoms with Crippen LogP contribution in [0.2, 0.25) is 0 Å². The molecule has 2 N–H and O–H groups in total. The van der Waals surface area contributed by atoms with E-state index < -0.39 is 0 Å². The predicted molar refractivity (Wildman–Crippen MR) is 74.2 cm³/mol. The van der Waals surface area contributed by atoms with Crippen LogP contribution < -0.4 is 5.73 Å². The van der Waals surface area contributed by atoms with Crippen molar-refractivity contribution in [3.8, 4) is 0 Å². The minimum atomic E-state index is -0.0142. The summed E-state index contributed by atoms with van der Waals surface area (Å²) in [5.74, 6) is -0.0142. The van der Waals surface area contributed by atoms with Crippen LogP contribution in [0.3, 0.4) is 0 Å². The summed E-state index contributed by atoms with van der Waals surface area (Å²) in [7, 11) is 0. The molecule has 1 amide bonds. The van der Waals surface area contributed by atoms with Crippen LogP contribution in [-0.2, 0) is 0 Å². The average molecular weight is 250 g/mol. The second-order valence-corrected chi connectivity index (χ2v) is 4.58. The van der Waals surface area contributed by atoms with E-state index in [9.17, 15) is 4.79 Å². The summed E-state index contributed by atoms with van der Waals surface area (Å²) >= 11 is 4.86. The summed E-state index contributed by atoms with van der Waals surface area (Å²) in [4.78, 5) is 14.2. The van der Waals surface area contributed by atoms with Crippen LogP contribution in [0.15, 0.2) is 24.3 Å². The van der Waals surface area contributed by atoms with Crippen molar-refractivity contribution < 1.29 is 4.79 Å². The molecule has 0 fully saturated rings. The van der Waals surface area contributed by atoms with Crippen LogP contribution in [0, 0.1) is 6.92 Å². The number of carbonyl (C=O) groups excluding carboxylic acids is 1.